The van der Waals surface area contributed by atoms with E-state index < -0.39 is 29.1 Å². The van der Waals surface area contributed by atoms with Gasteiger partial charge in [0.1, 0.15) is 23.2 Å². The van der Waals surface area contributed by atoms with Gasteiger partial charge in [0.15, 0.2) is 6.61 Å². The van der Waals surface area contributed by atoms with Gasteiger partial charge in [-0.3, -0.25) is 14.9 Å². The van der Waals surface area contributed by atoms with E-state index in [9.17, 15) is 25.0 Å². The van der Waals surface area contributed by atoms with Crippen molar-refractivity contribution >= 4 is 35.1 Å². The van der Waals surface area contributed by atoms with E-state index in [2.05, 4.69) is 11.4 Å². The lowest BCUT2D eigenvalue weighted by molar-refractivity contribution is -0.385. The lowest BCUT2D eigenvalue weighted by atomic mass is 10.2. The van der Waals surface area contributed by atoms with Crippen LogP contribution in [0, 0.1) is 35.3 Å². The van der Waals surface area contributed by atoms with Gasteiger partial charge in [-0.1, -0.05) is 0 Å². The van der Waals surface area contributed by atoms with Crippen molar-refractivity contribution in [3.05, 3.63) is 74.9 Å². The number of hydrogen-bond donors (Lipinski definition) is 1. The van der Waals surface area contributed by atoms with Crippen molar-refractivity contribution in [3.63, 3.8) is 0 Å². The number of nitrogens with one attached hydrogen (secondary N) is 1. The number of ether oxygens (including phenoxy) is 1. The molecule has 11 heteroatoms. The van der Waals surface area contributed by atoms with E-state index in [1.165, 1.54) is 36.2 Å². The van der Waals surface area contributed by atoms with E-state index in [-0.39, 0.29) is 23.5 Å². The van der Waals surface area contributed by atoms with Crippen molar-refractivity contribution in [2.45, 2.75) is 25.3 Å². The molecule has 0 aliphatic carbocycles. The van der Waals surface area contributed by atoms with E-state index in [1.54, 1.807) is 29.9 Å². The van der Waals surface area contributed by atoms with Crippen LogP contribution >= 0.6 is 11.8 Å². The average Bonchev–Trinajstić information content (AvgIpc) is 3.39. The lowest BCUT2D eigenvalue weighted by Crippen LogP contribution is -2.23. The highest BCUT2D eigenvalue weighted by Gasteiger charge is 2.24. The molecule has 0 radical (unpaired) electrons. The summed E-state index contributed by atoms with van der Waals surface area (Å²) in [7, 11) is 0. The summed E-state index contributed by atoms with van der Waals surface area (Å²) in [5, 5.41) is 23.4. The predicted octanol–water partition coefficient (Wildman–Crippen LogP) is 4.04. The lowest BCUT2D eigenvalue weighted by Gasteiger charge is -2.12. The molecule has 1 amide bonds. The number of hydrogen-bond acceptors (Lipinski definition) is 8. The maximum absolute atomic E-state index is 12.6. The van der Waals surface area contributed by atoms with Gasteiger partial charge in [-0.25, -0.2) is 4.79 Å². The van der Waals surface area contributed by atoms with Gasteiger partial charge in [0.05, 0.1) is 23.3 Å². The number of nitro benzene ring substituents is 1. The number of rotatable bonds is 8. The quantitative estimate of drug-likeness (QED) is 0.226. The summed E-state index contributed by atoms with van der Waals surface area (Å²) < 4.78 is 12.1. The molecule has 0 saturated heterocycles. The molecule has 0 saturated carbocycles. The van der Waals surface area contributed by atoms with Gasteiger partial charge in [0.2, 0.25) is 0 Å². The second kappa shape index (κ2) is 10.1. The monoisotopic (exact) mass is 468 g/mol. The molecule has 2 heterocycles. The molecule has 0 aliphatic heterocycles. The first-order valence-electron chi connectivity index (χ1n) is 9.68. The SMILES string of the molecule is CSc1ccc([N+](=O)[O-])c(C(=O)OCC(=O)Nc2c(C#N)c(C)c(C)n2Cc2ccco2)c1. The zero-order valence-corrected chi connectivity index (χ0v) is 18.9. The number of nitro groups is 1. The van der Waals surface area contributed by atoms with Gasteiger partial charge in [0.25, 0.3) is 11.6 Å². The van der Waals surface area contributed by atoms with Crippen LogP contribution in [-0.2, 0) is 16.1 Å². The summed E-state index contributed by atoms with van der Waals surface area (Å²) in [6.45, 7) is 3.17. The summed E-state index contributed by atoms with van der Waals surface area (Å²) in [5.74, 6) is -0.811. The number of amides is 1. The standard InChI is InChI=1S/C22H20N4O6S/c1-13-14(2)25(11-15-5-4-8-31-15)21(18(13)10-23)24-20(27)12-32-22(28)17-9-16(33-3)6-7-19(17)26(29)30/h4-9H,11-12H2,1-3H3,(H,24,27). The van der Waals surface area contributed by atoms with Crippen LogP contribution in [0.3, 0.4) is 0 Å². The van der Waals surface area contributed by atoms with Gasteiger partial charge >= 0.3 is 5.97 Å². The minimum atomic E-state index is -0.994. The summed E-state index contributed by atoms with van der Waals surface area (Å²) >= 11 is 1.31. The highest BCUT2D eigenvalue weighted by atomic mass is 32.2. The molecular formula is C22H20N4O6S. The first kappa shape index (κ1) is 23.6. The van der Waals surface area contributed by atoms with Crippen LogP contribution in [0.5, 0.6) is 0 Å². The fourth-order valence-corrected chi connectivity index (χ4v) is 3.67. The molecule has 0 unspecified atom stereocenters. The number of nitriles is 1. The van der Waals surface area contributed by atoms with Crippen LogP contribution in [0.2, 0.25) is 0 Å². The molecule has 0 fully saturated rings. The van der Waals surface area contributed by atoms with Crippen molar-refractivity contribution in [2.24, 2.45) is 0 Å². The van der Waals surface area contributed by atoms with Crippen LogP contribution in [0.15, 0.2) is 45.9 Å². The number of thioether (sulfide) groups is 1. The Labute approximate surface area is 193 Å². The average molecular weight is 468 g/mol. The predicted molar refractivity (Wildman–Crippen MR) is 120 cm³/mol. The van der Waals surface area contributed by atoms with Gasteiger partial charge < -0.3 is 19.0 Å². The van der Waals surface area contributed by atoms with Crippen LogP contribution in [-0.4, -0.2) is 34.2 Å². The van der Waals surface area contributed by atoms with Crippen molar-refractivity contribution in [1.29, 1.82) is 5.26 Å². The minimum Gasteiger partial charge on any atom is -0.467 e. The highest BCUT2D eigenvalue weighted by Crippen LogP contribution is 2.28. The zero-order chi connectivity index (χ0) is 24.1. The van der Waals surface area contributed by atoms with E-state index in [0.717, 1.165) is 5.69 Å². The number of nitrogens with zero attached hydrogens (tertiary/aromatic N) is 3. The van der Waals surface area contributed by atoms with Crippen molar-refractivity contribution < 1.29 is 23.7 Å². The Bertz CT molecular complexity index is 1260. The molecule has 2 aromatic heterocycles. The second-order valence-corrected chi connectivity index (χ2v) is 7.86. The van der Waals surface area contributed by atoms with Crippen molar-refractivity contribution in [1.82, 2.24) is 4.57 Å². The molecule has 1 aromatic carbocycles. The Balaban J connectivity index is 1.78. The molecule has 0 atom stereocenters. The molecule has 0 aliphatic rings. The topological polar surface area (TPSA) is 140 Å². The fraction of sp³-hybridized carbons (Fsp3) is 0.227. The number of carbonyl (C=O) groups excluding carboxylic acids is 2. The van der Waals surface area contributed by atoms with Gasteiger partial charge in [-0.05, 0) is 49.9 Å². The van der Waals surface area contributed by atoms with E-state index in [0.29, 0.717) is 16.2 Å². The summed E-state index contributed by atoms with van der Waals surface area (Å²) in [4.78, 5) is 36.2. The second-order valence-electron chi connectivity index (χ2n) is 6.98. The Morgan fingerprint density at radius 3 is 2.70 bits per heavy atom. The van der Waals surface area contributed by atoms with Gasteiger partial charge in [-0.15, -0.1) is 11.8 Å². The third kappa shape index (κ3) is 5.07. The summed E-state index contributed by atoms with van der Waals surface area (Å²) in [6, 6.07) is 9.66. The van der Waals surface area contributed by atoms with Crippen LogP contribution in [0.4, 0.5) is 11.5 Å². The van der Waals surface area contributed by atoms with Crippen LogP contribution < -0.4 is 5.32 Å². The third-order valence-electron chi connectivity index (χ3n) is 5.05. The van der Waals surface area contributed by atoms with Gasteiger partial charge in [0, 0.05) is 16.7 Å². The minimum absolute atomic E-state index is 0.245. The van der Waals surface area contributed by atoms with Crippen LogP contribution in [0.1, 0.15) is 32.9 Å². The Hall–Kier alpha value is -4.04. The van der Waals surface area contributed by atoms with Gasteiger partial charge in [-0.2, -0.15) is 5.26 Å². The largest absolute Gasteiger partial charge is 0.467 e. The Kier molecular flexibility index (Phi) is 7.20. The smallest absolute Gasteiger partial charge is 0.345 e. The first-order valence-corrected chi connectivity index (χ1v) is 10.9. The molecule has 3 aromatic rings. The maximum atomic E-state index is 12.6. The van der Waals surface area contributed by atoms with E-state index in [4.69, 9.17) is 9.15 Å². The molecule has 1 N–H and O–H groups in total. The molecule has 3 rings (SSSR count). The normalized spacial score (nSPS) is 10.5. The highest BCUT2D eigenvalue weighted by molar-refractivity contribution is 7.98. The van der Waals surface area contributed by atoms with Crippen molar-refractivity contribution in [2.75, 3.05) is 18.2 Å². The number of aromatic nitrogens is 1. The molecular weight excluding hydrogens is 448 g/mol. The maximum Gasteiger partial charge on any atom is 0.345 e. The molecule has 33 heavy (non-hydrogen) atoms. The molecule has 0 spiro atoms. The number of benzene rings is 1. The Morgan fingerprint density at radius 1 is 1.33 bits per heavy atom. The zero-order valence-electron chi connectivity index (χ0n) is 18.1. The first-order chi connectivity index (χ1) is 15.8. The molecule has 170 valence electrons. The number of esters is 1. The summed E-state index contributed by atoms with van der Waals surface area (Å²) in [5.41, 5.74) is 1.08. The van der Waals surface area contributed by atoms with E-state index in [1.807, 2.05) is 6.92 Å². The molecule has 10 nitrogen and oxygen atoms in total. The fourth-order valence-electron chi connectivity index (χ4n) is 3.23. The Morgan fingerprint density at radius 2 is 2.09 bits per heavy atom. The van der Waals surface area contributed by atoms with Crippen LogP contribution in [0.25, 0.3) is 0 Å². The number of anilines is 1. The third-order valence-corrected chi connectivity index (χ3v) is 5.77. The summed E-state index contributed by atoms with van der Waals surface area (Å²) in [6.07, 6.45) is 3.29. The number of carbonyl (C=O) groups is 2. The van der Waals surface area contributed by atoms with E-state index >= 15 is 0 Å². The number of furan rings is 1. The van der Waals surface area contributed by atoms with Crippen molar-refractivity contribution in [3.8, 4) is 6.07 Å². The molecule has 0 bridgehead atoms.